The summed E-state index contributed by atoms with van der Waals surface area (Å²) in [5.41, 5.74) is 8.12. The second kappa shape index (κ2) is 10.9. The Labute approximate surface area is 295 Å². The van der Waals surface area contributed by atoms with Crippen LogP contribution in [-0.4, -0.2) is 15.0 Å². The van der Waals surface area contributed by atoms with Crippen molar-refractivity contribution in [2.75, 3.05) is 0 Å². The summed E-state index contributed by atoms with van der Waals surface area (Å²) in [6.07, 6.45) is 0. The van der Waals surface area contributed by atoms with Gasteiger partial charge in [-0.1, -0.05) is 115 Å². The van der Waals surface area contributed by atoms with Crippen molar-refractivity contribution in [1.29, 1.82) is 0 Å². The fourth-order valence-corrected chi connectivity index (χ4v) is 8.54. The maximum Gasteiger partial charge on any atom is 0.167 e. The van der Waals surface area contributed by atoms with Gasteiger partial charge >= 0.3 is 0 Å². The maximum atomic E-state index is 6.65. The summed E-state index contributed by atoms with van der Waals surface area (Å²) < 4.78 is 15.5. The van der Waals surface area contributed by atoms with Crippen LogP contribution < -0.4 is 0 Å². The van der Waals surface area contributed by atoms with Crippen LogP contribution in [-0.2, 0) is 0 Å². The second-order valence-corrected chi connectivity index (χ2v) is 13.8. The minimum Gasteiger partial charge on any atom is -0.455 e. The summed E-state index contributed by atoms with van der Waals surface area (Å²) in [7, 11) is 0. The van der Waals surface area contributed by atoms with Crippen LogP contribution in [0.3, 0.4) is 0 Å². The van der Waals surface area contributed by atoms with Gasteiger partial charge in [-0.15, -0.1) is 11.3 Å². The number of hydrogen-bond donors (Lipinski definition) is 0. The zero-order chi connectivity index (χ0) is 33.5. The van der Waals surface area contributed by atoms with Crippen molar-refractivity contribution >= 4 is 75.4 Å². The predicted octanol–water partition coefficient (Wildman–Crippen LogP) is 12.7. The molecule has 0 fully saturated rings. The van der Waals surface area contributed by atoms with Gasteiger partial charge < -0.3 is 8.83 Å². The van der Waals surface area contributed by atoms with Crippen molar-refractivity contribution in [3.8, 4) is 45.3 Å². The normalized spacial score (nSPS) is 11.9. The molecule has 0 saturated carbocycles. The molecule has 0 aliphatic rings. The Morgan fingerprint density at radius 1 is 0.373 bits per heavy atom. The number of fused-ring (bicyclic) bond motifs is 9. The van der Waals surface area contributed by atoms with E-state index in [1.165, 1.54) is 14.8 Å². The van der Waals surface area contributed by atoms with Crippen molar-refractivity contribution in [3.63, 3.8) is 0 Å². The minimum absolute atomic E-state index is 0.562. The van der Waals surface area contributed by atoms with E-state index < -0.39 is 0 Å². The fourth-order valence-electron chi connectivity index (χ4n) is 7.41. The van der Waals surface area contributed by atoms with Gasteiger partial charge in [-0.05, 0) is 42.0 Å². The smallest absolute Gasteiger partial charge is 0.167 e. The highest BCUT2D eigenvalue weighted by atomic mass is 32.1. The van der Waals surface area contributed by atoms with Crippen molar-refractivity contribution in [2.45, 2.75) is 0 Å². The zero-order valence-electron chi connectivity index (χ0n) is 27.0. The Morgan fingerprint density at radius 3 is 1.82 bits per heavy atom. The van der Waals surface area contributed by atoms with Crippen LogP contribution in [0.15, 0.2) is 160 Å². The lowest BCUT2D eigenvalue weighted by Crippen LogP contribution is -2.00. The molecule has 238 valence electrons. The van der Waals surface area contributed by atoms with Crippen molar-refractivity contribution in [3.05, 3.63) is 152 Å². The molecule has 0 unspecified atom stereocenters. The Kier molecular flexibility index (Phi) is 6.05. The van der Waals surface area contributed by atoms with Gasteiger partial charge in [0.25, 0.3) is 0 Å². The first-order chi connectivity index (χ1) is 25.3. The first kappa shape index (κ1) is 28.2. The third kappa shape index (κ3) is 4.37. The van der Waals surface area contributed by atoms with E-state index in [4.69, 9.17) is 23.8 Å². The third-order valence-corrected chi connectivity index (χ3v) is 10.9. The van der Waals surface area contributed by atoms with E-state index in [9.17, 15) is 0 Å². The van der Waals surface area contributed by atoms with Gasteiger partial charge in [-0.3, -0.25) is 0 Å². The lowest BCUT2D eigenvalue weighted by Gasteiger charge is -2.10. The number of aromatic nitrogens is 3. The number of furan rings is 2. The van der Waals surface area contributed by atoms with Crippen molar-refractivity contribution in [1.82, 2.24) is 15.0 Å². The molecule has 0 atom stereocenters. The Balaban J connectivity index is 1.12. The molecule has 4 heterocycles. The number of hydrogen-bond acceptors (Lipinski definition) is 6. The summed E-state index contributed by atoms with van der Waals surface area (Å²) in [4.78, 5) is 15.4. The van der Waals surface area contributed by atoms with Crippen LogP contribution in [0.1, 0.15) is 0 Å². The van der Waals surface area contributed by atoms with Crippen LogP contribution in [0, 0.1) is 0 Å². The number of rotatable bonds is 4. The van der Waals surface area contributed by atoms with E-state index in [-0.39, 0.29) is 0 Å². The summed E-state index contributed by atoms with van der Waals surface area (Å²) in [5, 5.41) is 6.59. The molecule has 0 saturated heterocycles. The molecule has 5 nitrogen and oxygen atoms in total. The molecule has 0 radical (unpaired) electrons. The lowest BCUT2D eigenvalue weighted by molar-refractivity contribution is 0.668. The van der Waals surface area contributed by atoms with Gasteiger partial charge in [0.1, 0.15) is 22.3 Å². The number of nitrogens with zero attached hydrogens (tertiary/aromatic N) is 3. The van der Waals surface area contributed by atoms with Crippen LogP contribution in [0.25, 0.3) is 109 Å². The molecule has 0 amide bonds. The Morgan fingerprint density at radius 2 is 0.961 bits per heavy atom. The molecule has 0 aliphatic carbocycles. The van der Waals surface area contributed by atoms with Crippen molar-refractivity contribution in [2.24, 2.45) is 0 Å². The summed E-state index contributed by atoms with van der Waals surface area (Å²) in [6.45, 7) is 0. The zero-order valence-corrected chi connectivity index (χ0v) is 27.8. The Hall–Kier alpha value is -6.63. The van der Waals surface area contributed by atoms with E-state index >= 15 is 0 Å². The second-order valence-electron chi connectivity index (χ2n) is 12.7. The largest absolute Gasteiger partial charge is 0.455 e. The number of para-hydroxylation sites is 3. The minimum atomic E-state index is 0.562. The van der Waals surface area contributed by atoms with E-state index in [1.807, 2.05) is 60.7 Å². The van der Waals surface area contributed by atoms with Gasteiger partial charge in [0.2, 0.25) is 0 Å². The molecule has 4 aromatic heterocycles. The van der Waals surface area contributed by atoms with Crippen LogP contribution in [0.5, 0.6) is 0 Å². The average Bonchev–Trinajstić information content (AvgIpc) is 3.89. The van der Waals surface area contributed by atoms with Crippen molar-refractivity contribution < 1.29 is 8.83 Å². The first-order valence-corrected chi connectivity index (χ1v) is 17.7. The standard InChI is InChI=1S/C45H25N3O2S/c1-2-11-26(12-3-1)43-46-44(33-18-10-22-39-40(33)32-14-5-7-21-38(32)51-39)48-45(47-43)34-19-9-17-31-35-25-27(23-24-37(35)50-42(31)34)28-15-8-16-30-29-13-4-6-20-36(29)49-41(28)30/h1-25H. The number of benzene rings is 7. The lowest BCUT2D eigenvalue weighted by atomic mass is 10.00. The van der Waals surface area contributed by atoms with Crippen LogP contribution >= 0.6 is 11.3 Å². The van der Waals surface area contributed by atoms with Gasteiger partial charge in [0, 0.05) is 58.4 Å². The number of thiophene rings is 1. The molecule has 11 aromatic rings. The topological polar surface area (TPSA) is 65.0 Å². The summed E-state index contributed by atoms with van der Waals surface area (Å²) in [6, 6.07) is 52.0. The van der Waals surface area contributed by atoms with E-state index in [0.29, 0.717) is 17.5 Å². The molecule has 0 bridgehead atoms. The first-order valence-electron chi connectivity index (χ1n) is 16.9. The quantitative estimate of drug-likeness (QED) is 0.186. The molecule has 0 aliphatic heterocycles. The molecule has 0 N–H and O–H groups in total. The van der Waals surface area contributed by atoms with Gasteiger partial charge in [0.05, 0.1) is 5.56 Å². The molecule has 6 heteroatoms. The van der Waals surface area contributed by atoms with Gasteiger partial charge in [-0.25, -0.2) is 15.0 Å². The maximum absolute atomic E-state index is 6.65. The SMILES string of the molecule is c1ccc(-c2nc(-c3cccc4c3oc3ccc(-c5cccc6c5oc5ccccc56)cc34)nc(-c3cccc4sc5ccccc5c34)n2)cc1. The van der Waals surface area contributed by atoms with Crippen LogP contribution in [0.4, 0.5) is 0 Å². The van der Waals surface area contributed by atoms with Gasteiger partial charge in [-0.2, -0.15) is 0 Å². The van der Waals surface area contributed by atoms with E-state index in [2.05, 4.69) is 91.0 Å². The molecular weight excluding hydrogens is 647 g/mol. The molecule has 51 heavy (non-hydrogen) atoms. The monoisotopic (exact) mass is 671 g/mol. The Bertz CT molecular complexity index is 3160. The van der Waals surface area contributed by atoms with Crippen LogP contribution in [0.2, 0.25) is 0 Å². The highest BCUT2D eigenvalue weighted by molar-refractivity contribution is 7.25. The molecular formula is C45H25N3O2S. The summed E-state index contributed by atoms with van der Waals surface area (Å²) >= 11 is 1.78. The summed E-state index contributed by atoms with van der Waals surface area (Å²) in [5.74, 6) is 1.80. The molecule has 11 rings (SSSR count). The molecule has 7 aromatic carbocycles. The van der Waals surface area contributed by atoms with E-state index in [1.54, 1.807) is 11.3 Å². The highest BCUT2D eigenvalue weighted by Gasteiger charge is 2.20. The third-order valence-electron chi connectivity index (χ3n) is 9.76. The fraction of sp³-hybridized carbons (Fsp3) is 0. The van der Waals surface area contributed by atoms with E-state index in [0.717, 1.165) is 77.1 Å². The predicted molar refractivity (Wildman–Crippen MR) is 209 cm³/mol. The van der Waals surface area contributed by atoms with Gasteiger partial charge in [0.15, 0.2) is 17.5 Å². The highest BCUT2D eigenvalue weighted by Crippen LogP contribution is 2.42. The molecule has 0 spiro atoms. The average molecular weight is 672 g/mol.